The van der Waals surface area contributed by atoms with Crippen LogP contribution in [0.2, 0.25) is 0 Å². The summed E-state index contributed by atoms with van der Waals surface area (Å²) in [5.74, 6) is -0.708. The van der Waals surface area contributed by atoms with Crippen molar-refractivity contribution < 1.29 is 14.6 Å². The van der Waals surface area contributed by atoms with Crippen molar-refractivity contribution in [2.24, 2.45) is 0 Å². The number of nitrogens with zero attached hydrogens (tertiary/aromatic N) is 2. The second kappa shape index (κ2) is 4.52. The quantitative estimate of drug-likeness (QED) is 0.694. The predicted octanol–water partition coefficient (Wildman–Crippen LogP) is 0.615. The summed E-state index contributed by atoms with van der Waals surface area (Å²) < 4.78 is 12.9. The lowest BCUT2D eigenvalue weighted by Gasteiger charge is -2.11. The van der Waals surface area contributed by atoms with Crippen LogP contribution in [0.1, 0.15) is 17.2 Å². The monoisotopic (exact) mass is 206 g/mol. The molecule has 2 N–H and O–H groups in total. The zero-order valence-electron chi connectivity index (χ0n) is 7.55. The maximum atomic E-state index is 12.9. The third-order valence-corrected chi connectivity index (χ3v) is 1.88. The van der Waals surface area contributed by atoms with Gasteiger partial charge < -0.3 is 10.2 Å². The van der Waals surface area contributed by atoms with Gasteiger partial charge in [-0.05, 0) is 17.7 Å². The van der Waals surface area contributed by atoms with Gasteiger partial charge in [0.1, 0.15) is 18.0 Å². The minimum atomic E-state index is -1.60. The van der Waals surface area contributed by atoms with Gasteiger partial charge in [-0.3, -0.25) is 0 Å². The van der Waals surface area contributed by atoms with Crippen molar-refractivity contribution >= 4 is 0 Å². The highest BCUT2D eigenvalue weighted by Crippen LogP contribution is 2.19. The highest BCUT2D eigenvalue weighted by atomic mass is 19.1. The minimum Gasteiger partial charge on any atom is -0.385 e. The number of benzene rings is 1. The maximum absolute atomic E-state index is 12.9. The first-order valence-corrected chi connectivity index (χ1v) is 4.05. The van der Waals surface area contributed by atoms with E-state index in [-0.39, 0.29) is 11.1 Å². The average Bonchev–Trinajstić information content (AvgIpc) is 2.27. The smallest absolute Gasteiger partial charge is 0.170 e. The Labute approximate surface area is 85.4 Å². The maximum Gasteiger partial charge on any atom is 0.170 e. The van der Waals surface area contributed by atoms with Crippen molar-refractivity contribution in [2.75, 3.05) is 0 Å². The van der Waals surface area contributed by atoms with E-state index in [4.69, 9.17) is 15.6 Å². The second-order valence-corrected chi connectivity index (χ2v) is 2.87. The highest BCUT2D eigenvalue weighted by molar-refractivity contribution is 5.35. The fourth-order valence-electron chi connectivity index (χ4n) is 1.07. The summed E-state index contributed by atoms with van der Waals surface area (Å²) in [4.78, 5) is 0. The van der Waals surface area contributed by atoms with Gasteiger partial charge in [0.05, 0.1) is 11.6 Å². The van der Waals surface area contributed by atoms with Crippen LogP contribution in [-0.2, 0) is 0 Å². The molecule has 0 fully saturated rings. The average molecular weight is 206 g/mol. The molecule has 0 aliphatic carbocycles. The molecule has 0 aliphatic rings. The number of nitriles is 2. The third-order valence-electron chi connectivity index (χ3n) is 1.88. The SMILES string of the molecule is N#Cc1cc(C(O)C(O)C#N)ccc1F. The molecule has 0 saturated carbocycles. The number of aliphatic hydroxyl groups excluding tert-OH is 2. The van der Waals surface area contributed by atoms with Crippen LogP contribution in [0, 0.1) is 28.5 Å². The molecular weight excluding hydrogens is 199 g/mol. The van der Waals surface area contributed by atoms with E-state index in [0.717, 1.165) is 12.1 Å². The van der Waals surface area contributed by atoms with Crippen LogP contribution in [0.15, 0.2) is 18.2 Å². The lowest BCUT2D eigenvalue weighted by atomic mass is 10.0. The Morgan fingerprint density at radius 2 is 1.93 bits per heavy atom. The summed E-state index contributed by atoms with van der Waals surface area (Å²) >= 11 is 0. The van der Waals surface area contributed by atoms with Gasteiger partial charge in [-0.2, -0.15) is 10.5 Å². The van der Waals surface area contributed by atoms with E-state index in [1.165, 1.54) is 12.1 Å². The summed E-state index contributed by atoms with van der Waals surface area (Å²) in [5.41, 5.74) is -0.112. The summed E-state index contributed by atoms with van der Waals surface area (Å²) in [6.07, 6.45) is -3.04. The number of rotatable bonds is 2. The van der Waals surface area contributed by atoms with E-state index in [1.54, 1.807) is 6.07 Å². The fourth-order valence-corrected chi connectivity index (χ4v) is 1.07. The van der Waals surface area contributed by atoms with Crippen molar-refractivity contribution in [3.05, 3.63) is 35.1 Å². The topological polar surface area (TPSA) is 88.0 Å². The van der Waals surface area contributed by atoms with Gasteiger partial charge in [-0.25, -0.2) is 4.39 Å². The van der Waals surface area contributed by atoms with E-state index >= 15 is 0 Å². The van der Waals surface area contributed by atoms with Crippen LogP contribution in [-0.4, -0.2) is 16.3 Å². The van der Waals surface area contributed by atoms with Crippen LogP contribution in [0.3, 0.4) is 0 Å². The van der Waals surface area contributed by atoms with Gasteiger partial charge in [0.25, 0.3) is 0 Å². The molecule has 1 rings (SSSR count). The molecular formula is C10H7FN2O2. The van der Waals surface area contributed by atoms with Crippen LogP contribution >= 0.6 is 0 Å². The largest absolute Gasteiger partial charge is 0.385 e. The van der Waals surface area contributed by atoms with E-state index in [0.29, 0.717) is 0 Å². The summed E-state index contributed by atoms with van der Waals surface area (Å²) in [6.45, 7) is 0. The molecule has 0 heterocycles. The van der Waals surface area contributed by atoms with Crippen LogP contribution in [0.4, 0.5) is 4.39 Å². The molecule has 0 aliphatic heterocycles. The highest BCUT2D eigenvalue weighted by Gasteiger charge is 2.18. The van der Waals surface area contributed by atoms with Crippen molar-refractivity contribution in [3.8, 4) is 12.1 Å². The second-order valence-electron chi connectivity index (χ2n) is 2.87. The van der Waals surface area contributed by atoms with Gasteiger partial charge >= 0.3 is 0 Å². The number of aliphatic hydroxyl groups is 2. The minimum absolute atomic E-state index is 0.127. The molecule has 2 unspecified atom stereocenters. The zero-order chi connectivity index (χ0) is 11.4. The Hall–Kier alpha value is -1.95. The molecule has 76 valence electrons. The van der Waals surface area contributed by atoms with Gasteiger partial charge in [-0.15, -0.1) is 0 Å². The van der Waals surface area contributed by atoms with Crippen molar-refractivity contribution in [3.63, 3.8) is 0 Å². The van der Waals surface area contributed by atoms with Crippen molar-refractivity contribution in [1.29, 1.82) is 10.5 Å². The van der Waals surface area contributed by atoms with Gasteiger partial charge in [0, 0.05) is 0 Å². The molecule has 0 amide bonds. The first-order valence-electron chi connectivity index (χ1n) is 4.05. The number of hydrogen-bond acceptors (Lipinski definition) is 4. The summed E-state index contributed by atoms with van der Waals surface area (Å²) in [7, 11) is 0. The molecule has 1 aromatic rings. The van der Waals surface area contributed by atoms with Gasteiger partial charge in [0.15, 0.2) is 6.10 Å². The third kappa shape index (κ3) is 2.29. The Balaban J connectivity index is 3.08. The normalized spacial score (nSPS) is 13.7. The molecule has 0 aromatic heterocycles. The molecule has 0 spiro atoms. The lowest BCUT2D eigenvalue weighted by Crippen LogP contribution is -2.15. The Kier molecular flexibility index (Phi) is 3.35. The summed E-state index contributed by atoms with van der Waals surface area (Å²) in [6, 6.07) is 6.35. The van der Waals surface area contributed by atoms with Gasteiger partial charge in [-0.1, -0.05) is 6.07 Å². The summed E-state index contributed by atoms with van der Waals surface area (Å²) in [5, 5.41) is 35.3. The number of halogens is 1. The van der Waals surface area contributed by atoms with E-state index in [1.807, 2.05) is 0 Å². The fraction of sp³-hybridized carbons (Fsp3) is 0.200. The van der Waals surface area contributed by atoms with E-state index in [2.05, 4.69) is 0 Å². The van der Waals surface area contributed by atoms with E-state index in [9.17, 15) is 9.50 Å². The molecule has 5 heteroatoms. The molecule has 4 nitrogen and oxygen atoms in total. The number of hydrogen-bond donors (Lipinski definition) is 2. The Morgan fingerprint density at radius 3 is 2.47 bits per heavy atom. The molecule has 15 heavy (non-hydrogen) atoms. The van der Waals surface area contributed by atoms with E-state index < -0.39 is 18.0 Å². The first-order chi connectivity index (χ1) is 7.10. The molecule has 2 atom stereocenters. The predicted molar refractivity (Wildman–Crippen MR) is 47.7 cm³/mol. The molecule has 0 saturated heterocycles. The standard InChI is InChI=1S/C10H7FN2O2/c11-8-2-1-6(3-7(8)4-12)10(15)9(14)5-13/h1-3,9-10,14-15H. The van der Waals surface area contributed by atoms with Crippen molar-refractivity contribution in [2.45, 2.75) is 12.2 Å². The van der Waals surface area contributed by atoms with Crippen LogP contribution in [0.25, 0.3) is 0 Å². The first kappa shape index (κ1) is 11.1. The molecule has 0 bridgehead atoms. The zero-order valence-corrected chi connectivity index (χ0v) is 7.55. The Bertz CT molecular complexity index is 448. The lowest BCUT2D eigenvalue weighted by molar-refractivity contribution is 0.0527. The van der Waals surface area contributed by atoms with Crippen LogP contribution < -0.4 is 0 Å². The van der Waals surface area contributed by atoms with Gasteiger partial charge in [0.2, 0.25) is 0 Å². The molecule has 1 aromatic carbocycles. The van der Waals surface area contributed by atoms with Crippen molar-refractivity contribution in [1.82, 2.24) is 0 Å². The van der Waals surface area contributed by atoms with Crippen LogP contribution in [0.5, 0.6) is 0 Å². The molecule has 0 radical (unpaired) electrons. The Morgan fingerprint density at radius 1 is 1.27 bits per heavy atom.